The van der Waals surface area contributed by atoms with Gasteiger partial charge in [-0.3, -0.25) is 4.79 Å². The van der Waals surface area contributed by atoms with Crippen LogP contribution in [0.1, 0.15) is 25.3 Å². The third-order valence-corrected chi connectivity index (χ3v) is 2.79. The molecule has 106 valence electrons. The topological polar surface area (TPSA) is 38.3 Å². The Kier molecular flexibility index (Phi) is 6.42. The molecule has 0 aromatic heterocycles. The number of rotatable bonds is 7. The molecule has 0 saturated heterocycles. The van der Waals surface area contributed by atoms with Gasteiger partial charge in [0.1, 0.15) is 0 Å². The number of methoxy groups -OCH3 is 1. The fourth-order valence-corrected chi connectivity index (χ4v) is 1.80. The molecule has 0 spiro atoms. The minimum Gasteiger partial charge on any atom is -0.469 e. The number of hydrogen-bond donors (Lipinski definition) is 1. The number of esters is 1. The zero-order valence-electron chi connectivity index (χ0n) is 11.2. The van der Waals surface area contributed by atoms with Gasteiger partial charge in [0.2, 0.25) is 0 Å². The van der Waals surface area contributed by atoms with Crippen molar-refractivity contribution < 1.29 is 18.3 Å². The highest BCUT2D eigenvalue weighted by molar-refractivity contribution is 5.69. The molecule has 3 nitrogen and oxygen atoms in total. The normalized spacial score (nSPS) is 12.2. The maximum Gasteiger partial charge on any atom is 0.307 e. The van der Waals surface area contributed by atoms with E-state index in [0.717, 1.165) is 25.1 Å². The fourth-order valence-electron chi connectivity index (χ4n) is 1.80. The van der Waals surface area contributed by atoms with Crippen LogP contribution in [0.4, 0.5) is 8.78 Å². The van der Waals surface area contributed by atoms with E-state index in [1.807, 2.05) is 6.92 Å². The second-order valence-electron chi connectivity index (χ2n) is 4.38. The molecule has 0 heterocycles. The molecule has 0 bridgehead atoms. The third-order valence-electron chi connectivity index (χ3n) is 2.79. The monoisotopic (exact) mass is 271 g/mol. The first-order valence-electron chi connectivity index (χ1n) is 6.31. The Morgan fingerprint density at radius 3 is 2.68 bits per heavy atom. The molecule has 1 rings (SSSR count). The van der Waals surface area contributed by atoms with Gasteiger partial charge in [-0.2, -0.15) is 0 Å². The number of nitrogens with one attached hydrogen (secondary N) is 1. The summed E-state index contributed by atoms with van der Waals surface area (Å²) in [6, 6.07) is 3.64. The molecular weight excluding hydrogens is 252 g/mol. The lowest BCUT2D eigenvalue weighted by Crippen LogP contribution is -2.34. The van der Waals surface area contributed by atoms with Gasteiger partial charge in [0, 0.05) is 6.04 Å². The predicted octanol–water partition coefficient (Wildman–Crippen LogP) is 2.44. The van der Waals surface area contributed by atoms with Gasteiger partial charge in [-0.15, -0.1) is 0 Å². The number of halogens is 2. The molecule has 1 N–H and O–H groups in total. The fraction of sp³-hybridized carbons (Fsp3) is 0.500. The summed E-state index contributed by atoms with van der Waals surface area (Å²) in [6.07, 6.45) is 1.58. The molecular formula is C14H19F2NO2. The molecule has 0 fully saturated rings. The van der Waals surface area contributed by atoms with E-state index >= 15 is 0 Å². The molecule has 0 aliphatic rings. The maximum absolute atomic E-state index is 13.1. The second kappa shape index (κ2) is 7.84. The van der Waals surface area contributed by atoms with E-state index in [4.69, 9.17) is 0 Å². The molecule has 0 amide bonds. The molecule has 19 heavy (non-hydrogen) atoms. The first kappa shape index (κ1) is 15.6. The summed E-state index contributed by atoms with van der Waals surface area (Å²) in [5.41, 5.74) is 0.649. The van der Waals surface area contributed by atoms with Gasteiger partial charge in [-0.25, -0.2) is 8.78 Å². The van der Waals surface area contributed by atoms with Crippen LogP contribution in [-0.4, -0.2) is 25.7 Å². The lowest BCUT2D eigenvalue weighted by molar-refractivity contribution is -0.141. The van der Waals surface area contributed by atoms with Crippen LogP contribution in [0.5, 0.6) is 0 Å². The molecule has 1 atom stereocenters. The molecule has 0 aliphatic heterocycles. The van der Waals surface area contributed by atoms with Crippen LogP contribution in [0, 0.1) is 11.6 Å². The number of ether oxygens (including phenoxy) is 1. The van der Waals surface area contributed by atoms with Gasteiger partial charge in [0.05, 0.1) is 13.5 Å². The number of carbonyl (C=O) groups is 1. The molecule has 0 radical (unpaired) electrons. The average Bonchev–Trinajstić information content (AvgIpc) is 2.40. The number of benzene rings is 1. The van der Waals surface area contributed by atoms with Crippen LogP contribution in [-0.2, 0) is 16.0 Å². The van der Waals surface area contributed by atoms with Crippen molar-refractivity contribution in [2.75, 3.05) is 13.7 Å². The van der Waals surface area contributed by atoms with E-state index < -0.39 is 11.6 Å². The maximum atomic E-state index is 13.1. The number of carbonyl (C=O) groups excluding carboxylic acids is 1. The molecule has 0 saturated carbocycles. The summed E-state index contributed by atoms with van der Waals surface area (Å²) in [5.74, 6) is -2.06. The van der Waals surface area contributed by atoms with Crippen molar-refractivity contribution in [1.82, 2.24) is 5.32 Å². The Morgan fingerprint density at radius 1 is 1.37 bits per heavy atom. The SMILES string of the molecule is CCCNC(CC(=O)OC)Cc1ccc(F)c(F)c1. The second-order valence-corrected chi connectivity index (χ2v) is 4.38. The number of hydrogen-bond acceptors (Lipinski definition) is 3. The van der Waals surface area contributed by atoms with Crippen LogP contribution in [0.25, 0.3) is 0 Å². The van der Waals surface area contributed by atoms with Crippen LogP contribution < -0.4 is 5.32 Å². The van der Waals surface area contributed by atoms with Crippen LogP contribution in [0.15, 0.2) is 18.2 Å². The Balaban J connectivity index is 2.69. The van der Waals surface area contributed by atoms with Gasteiger partial charge in [-0.1, -0.05) is 13.0 Å². The van der Waals surface area contributed by atoms with Crippen molar-refractivity contribution in [3.05, 3.63) is 35.4 Å². The Bertz CT molecular complexity index is 424. The molecule has 1 aromatic rings. The zero-order chi connectivity index (χ0) is 14.3. The van der Waals surface area contributed by atoms with Crippen molar-refractivity contribution in [2.45, 2.75) is 32.2 Å². The highest BCUT2D eigenvalue weighted by atomic mass is 19.2. The molecule has 5 heteroatoms. The van der Waals surface area contributed by atoms with Crippen molar-refractivity contribution >= 4 is 5.97 Å². The average molecular weight is 271 g/mol. The highest BCUT2D eigenvalue weighted by Gasteiger charge is 2.15. The van der Waals surface area contributed by atoms with E-state index in [1.165, 1.54) is 13.2 Å². The van der Waals surface area contributed by atoms with E-state index in [9.17, 15) is 13.6 Å². The van der Waals surface area contributed by atoms with Gasteiger partial charge >= 0.3 is 5.97 Å². The van der Waals surface area contributed by atoms with Crippen molar-refractivity contribution in [2.24, 2.45) is 0 Å². The van der Waals surface area contributed by atoms with Crippen LogP contribution in [0.2, 0.25) is 0 Å². The van der Waals surface area contributed by atoms with Gasteiger partial charge in [0.15, 0.2) is 11.6 Å². The smallest absolute Gasteiger partial charge is 0.307 e. The summed E-state index contributed by atoms with van der Waals surface area (Å²) in [7, 11) is 1.33. The minimum absolute atomic E-state index is 0.141. The predicted molar refractivity (Wildman–Crippen MR) is 68.8 cm³/mol. The first-order chi connectivity index (χ1) is 9.06. The van der Waals surface area contributed by atoms with Gasteiger partial charge in [-0.05, 0) is 37.1 Å². The Labute approximate surface area is 112 Å². The van der Waals surface area contributed by atoms with E-state index in [-0.39, 0.29) is 18.4 Å². The van der Waals surface area contributed by atoms with Crippen molar-refractivity contribution in [3.63, 3.8) is 0 Å². The quantitative estimate of drug-likeness (QED) is 0.774. The van der Waals surface area contributed by atoms with Crippen molar-refractivity contribution in [1.29, 1.82) is 0 Å². The lowest BCUT2D eigenvalue weighted by Gasteiger charge is -2.17. The summed E-state index contributed by atoms with van der Waals surface area (Å²) in [6.45, 7) is 2.77. The van der Waals surface area contributed by atoms with E-state index in [0.29, 0.717) is 12.0 Å². The summed E-state index contributed by atoms with van der Waals surface area (Å²) < 4.78 is 30.6. The Morgan fingerprint density at radius 2 is 2.11 bits per heavy atom. The highest BCUT2D eigenvalue weighted by Crippen LogP contribution is 2.12. The van der Waals surface area contributed by atoms with Crippen LogP contribution in [0.3, 0.4) is 0 Å². The van der Waals surface area contributed by atoms with E-state index in [1.54, 1.807) is 0 Å². The largest absolute Gasteiger partial charge is 0.469 e. The van der Waals surface area contributed by atoms with Crippen molar-refractivity contribution in [3.8, 4) is 0 Å². The zero-order valence-corrected chi connectivity index (χ0v) is 11.2. The van der Waals surface area contributed by atoms with Gasteiger partial charge in [0.25, 0.3) is 0 Å². The summed E-state index contributed by atoms with van der Waals surface area (Å²) >= 11 is 0. The minimum atomic E-state index is -0.871. The summed E-state index contributed by atoms with van der Waals surface area (Å²) in [5, 5.41) is 3.20. The standard InChI is InChI=1S/C14H19F2NO2/c1-3-6-17-11(9-14(18)19-2)7-10-4-5-12(15)13(16)8-10/h4-5,8,11,17H,3,6-7,9H2,1-2H3. The first-order valence-corrected chi connectivity index (χ1v) is 6.31. The summed E-state index contributed by atoms with van der Waals surface area (Å²) in [4.78, 5) is 11.3. The molecule has 1 unspecified atom stereocenters. The Hall–Kier alpha value is -1.49. The lowest BCUT2D eigenvalue weighted by atomic mass is 10.0. The third kappa shape index (κ3) is 5.34. The van der Waals surface area contributed by atoms with Crippen LogP contribution >= 0.6 is 0 Å². The van der Waals surface area contributed by atoms with Gasteiger partial charge < -0.3 is 10.1 Å². The molecule has 0 aliphatic carbocycles. The van der Waals surface area contributed by atoms with E-state index in [2.05, 4.69) is 10.1 Å². The molecule has 1 aromatic carbocycles.